The molecule has 0 amide bonds. The Morgan fingerprint density at radius 2 is 1.74 bits per heavy atom. The van der Waals surface area contributed by atoms with Crippen molar-refractivity contribution in [1.29, 1.82) is 0 Å². The monoisotopic (exact) mass is 274 g/mol. The molecule has 0 aromatic heterocycles. The molecule has 114 valence electrons. The number of hydrogen-bond donors (Lipinski definition) is 2. The minimum Gasteiger partial charge on any atom is -0.378 e. The summed E-state index contributed by atoms with van der Waals surface area (Å²) < 4.78 is 11.4. The fourth-order valence-electron chi connectivity index (χ4n) is 1.77. The molecule has 0 saturated heterocycles. The van der Waals surface area contributed by atoms with Crippen molar-refractivity contribution in [3.63, 3.8) is 0 Å². The van der Waals surface area contributed by atoms with Gasteiger partial charge in [-0.25, -0.2) is 0 Å². The fourth-order valence-corrected chi connectivity index (χ4v) is 1.77. The summed E-state index contributed by atoms with van der Waals surface area (Å²) in [6.45, 7) is 8.98. The van der Waals surface area contributed by atoms with E-state index in [-0.39, 0.29) is 17.8 Å². The first kappa shape index (κ1) is 18.5. The molecule has 3 atom stereocenters. The van der Waals surface area contributed by atoms with Gasteiger partial charge in [-0.3, -0.25) is 4.79 Å². The van der Waals surface area contributed by atoms with Gasteiger partial charge in [0.05, 0.1) is 18.9 Å². The Balaban J connectivity index is 4.42. The van der Waals surface area contributed by atoms with E-state index in [4.69, 9.17) is 20.9 Å². The Bertz CT molecular complexity index is 247. The molecule has 0 radical (unpaired) electrons. The van der Waals surface area contributed by atoms with E-state index < -0.39 is 12.3 Å². The Morgan fingerprint density at radius 3 is 2.21 bits per heavy atom. The van der Waals surface area contributed by atoms with Crippen molar-refractivity contribution in [2.75, 3.05) is 13.2 Å². The lowest BCUT2D eigenvalue weighted by Gasteiger charge is -2.28. The number of carbonyl (C=O) groups excluding carboxylic acids is 1. The van der Waals surface area contributed by atoms with Crippen molar-refractivity contribution >= 4 is 5.78 Å². The molecule has 0 aromatic rings. The molecule has 4 N–H and O–H groups in total. The van der Waals surface area contributed by atoms with Crippen LogP contribution >= 0.6 is 0 Å². The highest BCUT2D eigenvalue weighted by Crippen LogP contribution is 2.18. The van der Waals surface area contributed by atoms with Gasteiger partial charge in [0.15, 0.2) is 5.78 Å². The highest BCUT2D eigenvalue weighted by atomic mass is 16.5. The van der Waals surface area contributed by atoms with Crippen LogP contribution in [0.5, 0.6) is 0 Å². The predicted molar refractivity (Wildman–Crippen MR) is 76.7 cm³/mol. The Hall–Kier alpha value is -0.490. The number of nitrogens with two attached hydrogens (primary N) is 2. The molecule has 0 aliphatic carbocycles. The zero-order valence-electron chi connectivity index (χ0n) is 12.7. The van der Waals surface area contributed by atoms with E-state index in [1.807, 2.05) is 20.8 Å². The molecule has 0 aromatic carbocycles. The fraction of sp³-hybridized carbons (Fsp3) is 0.929. The summed E-state index contributed by atoms with van der Waals surface area (Å²) in [5.41, 5.74) is 11.0. The molecule has 5 heteroatoms. The van der Waals surface area contributed by atoms with Crippen LogP contribution in [-0.4, -0.2) is 37.4 Å². The van der Waals surface area contributed by atoms with Gasteiger partial charge in [0.25, 0.3) is 0 Å². The lowest BCUT2D eigenvalue weighted by atomic mass is 9.94. The van der Waals surface area contributed by atoms with Crippen LogP contribution < -0.4 is 11.5 Å². The van der Waals surface area contributed by atoms with Crippen molar-refractivity contribution in [1.82, 2.24) is 0 Å². The quantitative estimate of drug-likeness (QED) is 0.557. The first-order valence-corrected chi connectivity index (χ1v) is 7.21. The average molecular weight is 274 g/mol. The molecule has 0 aliphatic heterocycles. The van der Waals surface area contributed by atoms with Crippen LogP contribution in [0.2, 0.25) is 0 Å². The molecular weight excluding hydrogens is 244 g/mol. The second kappa shape index (κ2) is 10.3. The van der Waals surface area contributed by atoms with Crippen LogP contribution in [0.25, 0.3) is 0 Å². The third-order valence-corrected chi connectivity index (χ3v) is 3.22. The molecule has 0 heterocycles. The van der Waals surface area contributed by atoms with Crippen LogP contribution in [0.3, 0.4) is 0 Å². The summed E-state index contributed by atoms with van der Waals surface area (Å²) in [5, 5.41) is 0. The van der Waals surface area contributed by atoms with Gasteiger partial charge in [-0.05, 0) is 19.8 Å². The zero-order chi connectivity index (χ0) is 14.8. The third kappa shape index (κ3) is 7.62. The van der Waals surface area contributed by atoms with E-state index in [1.54, 1.807) is 0 Å². The van der Waals surface area contributed by atoms with Crippen molar-refractivity contribution < 1.29 is 14.3 Å². The summed E-state index contributed by atoms with van der Waals surface area (Å²) in [7, 11) is 0. The van der Waals surface area contributed by atoms with E-state index >= 15 is 0 Å². The molecule has 3 unspecified atom stereocenters. The summed E-state index contributed by atoms with van der Waals surface area (Å²) in [6, 6.07) is 0. The second-order valence-corrected chi connectivity index (χ2v) is 5.00. The van der Waals surface area contributed by atoms with Gasteiger partial charge in [-0.1, -0.05) is 20.8 Å². The average Bonchev–Trinajstić information content (AvgIpc) is 2.39. The maximum absolute atomic E-state index is 12.0. The van der Waals surface area contributed by atoms with Gasteiger partial charge in [0.1, 0.15) is 6.10 Å². The Morgan fingerprint density at radius 1 is 1.11 bits per heavy atom. The van der Waals surface area contributed by atoms with Crippen molar-refractivity contribution in [2.45, 2.75) is 65.3 Å². The molecule has 5 nitrogen and oxygen atoms in total. The summed E-state index contributed by atoms with van der Waals surface area (Å²) >= 11 is 0. The van der Waals surface area contributed by atoms with Gasteiger partial charge >= 0.3 is 0 Å². The van der Waals surface area contributed by atoms with Gasteiger partial charge in [0, 0.05) is 18.9 Å². The van der Waals surface area contributed by atoms with Gasteiger partial charge in [-0.2, -0.15) is 0 Å². The Labute approximate surface area is 117 Å². The first-order valence-electron chi connectivity index (χ1n) is 7.21. The highest BCUT2D eigenvalue weighted by Gasteiger charge is 2.29. The zero-order valence-corrected chi connectivity index (χ0v) is 12.7. The van der Waals surface area contributed by atoms with E-state index in [0.717, 1.165) is 6.42 Å². The lowest BCUT2D eigenvalue weighted by Crippen LogP contribution is -2.39. The third-order valence-electron chi connectivity index (χ3n) is 3.22. The number of carbonyl (C=O) groups is 1. The number of Topliss-reactive ketones (excluding diaryl/α,β-unsaturated/α-hetero) is 1. The van der Waals surface area contributed by atoms with Crippen LogP contribution in [0.1, 0.15) is 47.0 Å². The normalized spacial score (nSPS) is 16.4. The van der Waals surface area contributed by atoms with Crippen LogP contribution in [0.15, 0.2) is 0 Å². The van der Waals surface area contributed by atoms with Gasteiger partial charge < -0.3 is 20.9 Å². The van der Waals surface area contributed by atoms with E-state index in [2.05, 4.69) is 6.92 Å². The SMILES string of the molecule is CCCOC(C)C(C)C(OCCC(N)N)C(=O)CC. The standard InChI is InChI=1S/C14H30N2O3/c1-5-8-18-11(4)10(3)14(12(17)6-2)19-9-7-13(15)16/h10-11,13-14H,5-9,15-16H2,1-4H3. The number of rotatable bonds is 11. The highest BCUT2D eigenvalue weighted by molar-refractivity contribution is 5.83. The largest absolute Gasteiger partial charge is 0.378 e. The maximum Gasteiger partial charge on any atom is 0.161 e. The van der Waals surface area contributed by atoms with Crippen LogP contribution in [0.4, 0.5) is 0 Å². The van der Waals surface area contributed by atoms with E-state index in [1.165, 1.54) is 0 Å². The molecule has 0 spiro atoms. The number of ether oxygens (including phenoxy) is 2. The maximum atomic E-state index is 12.0. The van der Waals surface area contributed by atoms with Gasteiger partial charge in [0.2, 0.25) is 0 Å². The van der Waals surface area contributed by atoms with E-state index in [0.29, 0.717) is 26.1 Å². The van der Waals surface area contributed by atoms with Crippen molar-refractivity contribution in [3.8, 4) is 0 Å². The number of ketones is 1. The van der Waals surface area contributed by atoms with Crippen molar-refractivity contribution in [2.24, 2.45) is 17.4 Å². The first-order chi connectivity index (χ1) is 8.93. The summed E-state index contributed by atoms with van der Waals surface area (Å²) in [4.78, 5) is 12.0. The molecule has 0 aliphatic rings. The van der Waals surface area contributed by atoms with Gasteiger partial charge in [-0.15, -0.1) is 0 Å². The summed E-state index contributed by atoms with van der Waals surface area (Å²) in [5.74, 6) is 0.123. The Kier molecular flexibility index (Phi) is 10.0. The molecule has 0 bridgehead atoms. The molecule has 0 rings (SSSR count). The topological polar surface area (TPSA) is 87.6 Å². The van der Waals surface area contributed by atoms with Crippen LogP contribution in [-0.2, 0) is 14.3 Å². The smallest absolute Gasteiger partial charge is 0.161 e. The minimum atomic E-state index is -0.435. The number of hydrogen-bond acceptors (Lipinski definition) is 5. The predicted octanol–water partition coefficient (Wildman–Crippen LogP) is 1.44. The van der Waals surface area contributed by atoms with E-state index in [9.17, 15) is 4.79 Å². The minimum absolute atomic E-state index is 0.00741. The van der Waals surface area contributed by atoms with Crippen molar-refractivity contribution in [3.05, 3.63) is 0 Å². The lowest BCUT2D eigenvalue weighted by molar-refractivity contribution is -0.138. The second-order valence-electron chi connectivity index (χ2n) is 5.00. The summed E-state index contributed by atoms with van der Waals surface area (Å²) in [6.07, 6.45) is 1.13. The molecule has 0 fully saturated rings. The molecule has 19 heavy (non-hydrogen) atoms. The van der Waals surface area contributed by atoms with Crippen LogP contribution in [0, 0.1) is 5.92 Å². The molecular formula is C14H30N2O3. The molecule has 0 saturated carbocycles.